The summed E-state index contributed by atoms with van der Waals surface area (Å²) in [6.45, 7) is 4.82. The molecule has 0 aromatic carbocycles. The van der Waals surface area contributed by atoms with Crippen molar-refractivity contribution in [1.82, 2.24) is 9.97 Å². The fraction of sp³-hybridized carbons (Fsp3) is 0.385. The van der Waals surface area contributed by atoms with Gasteiger partial charge in [0.1, 0.15) is 16.8 Å². The Morgan fingerprint density at radius 1 is 1.39 bits per heavy atom. The third-order valence-electron chi connectivity index (χ3n) is 2.61. The molecule has 2 aromatic rings. The number of furan rings is 1. The summed E-state index contributed by atoms with van der Waals surface area (Å²) in [6.07, 6.45) is 3.39. The van der Waals surface area contributed by atoms with Crippen molar-refractivity contribution in [3.8, 4) is 0 Å². The van der Waals surface area contributed by atoms with Gasteiger partial charge in [-0.3, -0.25) is 0 Å². The largest absolute Gasteiger partial charge is 0.472 e. The lowest BCUT2D eigenvalue weighted by atomic mass is 10.2. The Labute approximate surface area is 112 Å². The van der Waals surface area contributed by atoms with Crippen LogP contribution in [0.1, 0.15) is 31.2 Å². The first-order valence-corrected chi connectivity index (χ1v) is 6.20. The highest BCUT2D eigenvalue weighted by Crippen LogP contribution is 2.20. The van der Waals surface area contributed by atoms with Crippen LogP contribution in [0.15, 0.2) is 29.1 Å². The molecule has 2 rings (SSSR count). The summed E-state index contributed by atoms with van der Waals surface area (Å²) in [6, 6.07) is 3.70. The predicted molar refractivity (Wildman–Crippen MR) is 71.9 cm³/mol. The molecule has 0 aliphatic rings. The number of rotatable bonds is 4. The van der Waals surface area contributed by atoms with E-state index >= 15 is 0 Å². The van der Waals surface area contributed by atoms with Crippen molar-refractivity contribution >= 4 is 17.4 Å². The second kappa shape index (κ2) is 5.40. The third-order valence-corrected chi connectivity index (χ3v) is 2.80. The van der Waals surface area contributed by atoms with E-state index in [-0.39, 0.29) is 5.92 Å². The summed E-state index contributed by atoms with van der Waals surface area (Å²) in [5.41, 5.74) is 1.10. The van der Waals surface area contributed by atoms with Crippen molar-refractivity contribution in [2.75, 3.05) is 11.9 Å². The monoisotopic (exact) mass is 265 g/mol. The van der Waals surface area contributed by atoms with Crippen LogP contribution in [0.5, 0.6) is 0 Å². The quantitative estimate of drug-likeness (QED) is 0.794. The molecular weight excluding hydrogens is 250 g/mol. The molecule has 2 heterocycles. The summed E-state index contributed by atoms with van der Waals surface area (Å²) >= 11 is 6.02. The van der Waals surface area contributed by atoms with Crippen LogP contribution < -0.4 is 4.90 Å². The van der Waals surface area contributed by atoms with Gasteiger partial charge in [-0.1, -0.05) is 25.4 Å². The van der Waals surface area contributed by atoms with Crippen LogP contribution in [0.4, 0.5) is 5.82 Å². The van der Waals surface area contributed by atoms with Gasteiger partial charge in [-0.25, -0.2) is 9.97 Å². The first-order chi connectivity index (χ1) is 8.56. The van der Waals surface area contributed by atoms with Crippen molar-refractivity contribution in [2.24, 2.45) is 0 Å². The lowest BCUT2D eigenvalue weighted by Crippen LogP contribution is -2.18. The minimum absolute atomic E-state index is 0.254. The van der Waals surface area contributed by atoms with E-state index in [4.69, 9.17) is 16.0 Å². The third kappa shape index (κ3) is 3.01. The van der Waals surface area contributed by atoms with Crippen LogP contribution in [0.3, 0.4) is 0 Å². The highest BCUT2D eigenvalue weighted by molar-refractivity contribution is 6.29. The molecule has 4 nitrogen and oxygen atoms in total. The standard InChI is InChI=1S/C13H16ClN3O/c1-9(2)13-15-11(14)6-12(16-13)17(3)7-10-4-5-18-8-10/h4-6,8-9H,7H2,1-3H3. The minimum atomic E-state index is 0.254. The van der Waals surface area contributed by atoms with Gasteiger partial charge in [0.2, 0.25) is 0 Å². The molecule has 0 saturated heterocycles. The molecule has 0 spiro atoms. The van der Waals surface area contributed by atoms with E-state index in [1.807, 2.05) is 31.9 Å². The summed E-state index contributed by atoms with van der Waals surface area (Å²) < 4.78 is 5.05. The zero-order chi connectivity index (χ0) is 13.1. The second-order valence-electron chi connectivity index (χ2n) is 4.55. The fourth-order valence-electron chi connectivity index (χ4n) is 1.61. The molecule has 18 heavy (non-hydrogen) atoms. The van der Waals surface area contributed by atoms with Crippen molar-refractivity contribution in [3.63, 3.8) is 0 Å². The average Bonchev–Trinajstić information content (AvgIpc) is 2.80. The SMILES string of the molecule is CC(C)c1nc(Cl)cc(N(C)Cc2ccoc2)n1. The fourth-order valence-corrected chi connectivity index (χ4v) is 1.80. The molecule has 0 aliphatic heterocycles. The second-order valence-corrected chi connectivity index (χ2v) is 4.94. The van der Waals surface area contributed by atoms with E-state index in [1.165, 1.54) is 0 Å². The van der Waals surface area contributed by atoms with Gasteiger partial charge < -0.3 is 9.32 Å². The maximum absolute atomic E-state index is 6.02. The van der Waals surface area contributed by atoms with E-state index in [0.29, 0.717) is 5.15 Å². The summed E-state index contributed by atoms with van der Waals surface area (Å²) in [7, 11) is 1.97. The smallest absolute Gasteiger partial charge is 0.135 e. The Kier molecular flexibility index (Phi) is 3.87. The molecular formula is C13H16ClN3O. The molecule has 0 aliphatic carbocycles. The molecule has 0 N–H and O–H groups in total. The van der Waals surface area contributed by atoms with Gasteiger partial charge in [0.25, 0.3) is 0 Å². The average molecular weight is 266 g/mol. The Hall–Kier alpha value is -1.55. The highest BCUT2D eigenvalue weighted by atomic mass is 35.5. The maximum Gasteiger partial charge on any atom is 0.135 e. The van der Waals surface area contributed by atoms with Crippen LogP contribution in [-0.4, -0.2) is 17.0 Å². The molecule has 0 atom stereocenters. The van der Waals surface area contributed by atoms with Gasteiger partial charge in [-0.05, 0) is 6.07 Å². The topological polar surface area (TPSA) is 42.2 Å². The molecule has 2 aromatic heterocycles. The number of halogens is 1. The number of aromatic nitrogens is 2. The van der Waals surface area contributed by atoms with Gasteiger partial charge in [0, 0.05) is 31.1 Å². The number of anilines is 1. The first-order valence-electron chi connectivity index (χ1n) is 5.83. The molecule has 0 saturated carbocycles. The van der Waals surface area contributed by atoms with Gasteiger partial charge in [0.15, 0.2) is 0 Å². The van der Waals surface area contributed by atoms with Crippen LogP contribution in [0.2, 0.25) is 5.15 Å². The Bertz CT molecular complexity index is 511. The van der Waals surface area contributed by atoms with Crippen molar-refractivity contribution in [2.45, 2.75) is 26.3 Å². The molecule has 96 valence electrons. The predicted octanol–water partition coefficient (Wildman–Crippen LogP) is 3.48. The van der Waals surface area contributed by atoms with E-state index in [0.717, 1.165) is 23.8 Å². The maximum atomic E-state index is 6.02. The Morgan fingerprint density at radius 3 is 2.78 bits per heavy atom. The van der Waals surface area contributed by atoms with E-state index in [9.17, 15) is 0 Å². The summed E-state index contributed by atoms with van der Waals surface area (Å²) in [5, 5.41) is 0.475. The zero-order valence-corrected chi connectivity index (χ0v) is 11.5. The van der Waals surface area contributed by atoms with Gasteiger partial charge >= 0.3 is 0 Å². The normalized spacial score (nSPS) is 10.9. The van der Waals surface area contributed by atoms with Gasteiger partial charge in [-0.15, -0.1) is 0 Å². The van der Waals surface area contributed by atoms with Crippen LogP contribution >= 0.6 is 11.6 Å². The van der Waals surface area contributed by atoms with Crippen molar-refractivity contribution < 1.29 is 4.42 Å². The van der Waals surface area contributed by atoms with Crippen LogP contribution in [0.25, 0.3) is 0 Å². The summed E-state index contributed by atoms with van der Waals surface area (Å²) in [5.74, 6) is 1.83. The molecule has 0 unspecified atom stereocenters. The van der Waals surface area contributed by atoms with Crippen LogP contribution in [0, 0.1) is 0 Å². The number of hydrogen-bond acceptors (Lipinski definition) is 4. The van der Waals surface area contributed by atoms with Gasteiger partial charge in [0.05, 0.1) is 12.5 Å². The number of nitrogens with zero attached hydrogens (tertiary/aromatic N) is 3. The number of hydrogen-bond donors (Lipinski definition) is 0. The Balaban J connectivity index is 2.21. The van der Waals surface area contributed by atoms with Crippen molar-refractivity contribution in [3.05, 3.63) is 41.2 Å². The zero-order valence-electron chi connectivity index (χ0n) is 10.7. The van der Waals surface area contributed by atoms with Crippen LogP contribution in [-0.2, 0) is 6.54 Å². The van der Waals surface area contributed by atoms with Gasteiger partial charge in [-0.2, -0.15) is 0 Å². The summed E-state index contributed by atoms with van der Waals surface area (Å²) in [4.78, 5) is 10.8. The molecule has 0 bridgehead atoms. The molecule has 0 fully saturated rings. The lowest BCUT2D eigenvalue weighted by molar-refractivity contribution is 0.563. The van der Waals surface area contributed by atoms with E-state index < -0.39 is 0 Å². The lowest BCUT2D eigenvalue weighted by Gasteiger charge is -2.18. The Morgan fingerprint density at radius 2 is 2.17 bits per heavy atom. The molecule has 0 amide bonds. The first kappa shape index (κ1) is 12.9. The van der Waals surface area contributed by atoms with E-state index in [2.05, 4.69) is 9.97 Å². The van der Waals surface area contributed by atoms with Crippen molar-refractivity contribution in [1.29, 1.82) is 0 Å². The van der Waals surface area contributed by atoms with E-state index in [1.54, 1.807) is 18.6 Å². The minimum Gasteiger partial charge on any atom is -0.472 e. The molecule has 0 radical (unpaired) electrons. The molecule has 5 heteroatoms. The highest BCUT2D eigenvalue weighted by Gasteiger charge is 2.10.